The van der Waals surface area contributed by atoms with E-state index in [1.54, 1.807) is 0 Å². The van der Waals surface area contributed by atoms with Crippen LogP contribution in [0.2, 0.25) is 0 Å². The van der Waals surface area contributed by atoms with Gasteiger partial charge in [0.2, 0.25) is 0 Å². The van der Waals surface area contributed by atoms with Crippen molar-refractivity contribution in [3.05, 3.63) is 11.6 Å². The van der Waals surface area contributed by atoms with E-state index < -0.39 is 0 Å². The number of aliphatic hydroxyl groups is 2. The fourth-order valence-electron chi connectivity index (χ4n) is 1.04. The Hall–Kier alpha value is -0.340. The third-order valence-electron chi connectivity index (χ3n) is 2.02. The highest BCUT2D eigenvalue weighted by molar-refractivity contribution is 4.97. The van der Waals surface area contributed by atoms with Crippen molar-refractivity contribution in [1.82, 2.24) is 0 Å². The van der Waals surface area contributed by atoms with E-state index in [0.717, 1.165) is 24.8 Å². The molecule has 0 unspecified atom stereocenters. The molecule has 0 spiro atoms. The molecule has 2 heteroatoms. The molecule has 0 aliphatic rings. The minimum Gasteiger partial charge on any atom is -0.396 e. The number of hydrogen-bond donors (Lipinski definition) is 2. The maximum Gasteiger partial charge on any atom is 0.0639 e. The molecule has 0 aliphatic heterocycles. The van der Waals surface area contributed by atoms with Gasteiger partial charge in [0.15, 0.2) is 0 Å². The lowest BCUT2D eigenvalue weighted by Crippen LogP contribution is -1.97. The highest BCUT2D eigenvalue weighted by Gasteiger charge is 1.98. The summed E-state index contributed by atoms with van der Waals surface area (Å²) in [6, 6.07) is 0. The first-order chi connectivity index (χ1) is 5.70. The standard InChI is InChI=1S/C10H20O2/c1-9(6-7-11)4-3-5-10(2)8-12/h5,9,11-12H,3-4,6-8H2,1-2H3/b10-5+/t9-/m0/s1. The number of hydrogen-bond acceptors (Lipinski definition) is 2. The van der Waals surface area contributed by atoms with Gasteiger partial charge >= 0.3 is 0 Å². The van der Waals surface area contributed by atoms with E-state index >= 15 is 0 Å². The number of allylic oxidation sites excluding steroid dienone is 1. The summed E-state index contributed by atoms with van der Waals surface area (Å²) in [7, 11) is 0. The van der Waals surface area contributed by atoms with Gasteiger partial charge in [-0.15, -0.1) is 0 Å². The number of aliphatic hydroxyl groups excluding tert-OH is 2. The van der Waals surface area contributed by atoms with Crippen LogP contribution in [0, 0.1) is 5.92 Å². The zero-order chi connectivity index (χ0) is 9.40. The monoisotopic (exact) mass is 172 g/mol. The van der Waals surface area contributed by atoms with E-state index in [-0.39, 0.29) is 13.2 Å². The first-order valence-corrected chi connectivity index (χ1v) is 4.58. The smallest absolute Gasteiger partial charge is 0.0639 e. The van der Waals surface area contributed by atoms with Crippen molar-refractivity contribution in [2.24, 2.45) is 5.92 Å². The highest BCUT2D eigenvalue weighted by atomic mass is 16.3. The van der Waals surface area contributed by atoms with Crippen LogP contribution in [0.3, 0.4) is 0 Å². The lowest BCUT2D eigenvalue weighted by molar-refractivity contribution is 0.259. The van der Waals surface area contributed by atoms with E-state index in [9.17, 15) is 0 Å². The molecule has 0 saturated heterocycles. The van der Waals surface area contributed by atoms with Gasteiger partial charge in [0.1, 0.15) is 0 Å². The van der Waals surface area contributed by atoms with Gasteiger partial charge in [-0.3, -0.25) is 0 Å². The summed E-state index contributed by atoms with van der Waals surface area (Å²) in [5.41, 5.74) is 1.03. The lowest BCUT2D eigenvalue weighted by atomic mass is 10.0. The quantitative estimate of drug-likeness (QED) is 0.599. The van der Waals surface area contributed by atoms with Crippen molar-refractivity contribution in [1.29, 1.82) is 0 Å². The molecule has 72 valence electrons. The molecule has 12 heavy (non-hydrogen) atoms. The molecule has 0 aliphatic carbocycles. The summed E-state index contributed by atoms with van der Waals surface area (Å²) < 4.78 is 0. The lowest BCUT2D eigenvalue weighted by Gasteiger charge is -2.06. The summed E-state index contributed by atoms with van der Waals surface area (Å²) in [4.78, 5) is 0. The van der Waals surface area contributed by atoms with Gasteiger partial charge in [0, 0.05) is 6.61 Å². The van der Waals surface area contributed by atoms with Crippen molar-refractivity contribution in [2.45, 2.75) is 33.1 Å². The van der Waals surface area contributed by atoms with Gasteiger partial charge < -0.3 is 10.2 Å². The Labute approximate surface area is 74.9 Å². The Morgan fingerprint density at radius 1 is 1.33 bits per heavy atom. The average molecular weight is 172 g/mol. The van der Waals surface area contributed by atoms with Gasteiger partial charge in [-0.25, -0.2) is 0 Å². The molecular weight excluding hydrogens is 152 g/mol. The predicted octanol–water partition coefficient (Wildman–Crippen LogP) is 1.72. The third-order valence-corrected chi connectivity index (χ3v) is 2.02. The molecule has 0 rings (SSSR count). The molecule has 2 N–H and O–H groups in total. The summed E-state index contributed by atoms with van der Waals surface area (Å²) in [5, 5.41) is 17.3. The minimum atomic E-state index is 0.161. The summed E-state index contributed by atoms with van der Waals surface area (Å²) >= 11 is 0. The fourth-order valence-corrected chi connectivity index (χ4v) is 1.04. The summed E-state index contributed by atoms with van der Waals surface area (Å²) in [5.74, 6) is 0.581. The first-order valence-electron chi connectivity index (χ1n) is 4.58. The molecule has 1 atom stereocenters. The van der Waals surface area contributed by atoms with Crippen LogP contribution < -0.4 is 0 Å². The van der Waals surface area contributed by atoms with Crippen LogP contribution in [0.4, 0.5) is 0 Å². The predicted molar refractivity (Wildman–Crippen MR) is 50.9 cm³/mol. The normalized spacial score (nSPS) is 14.8. The Kier molecular flexibility index (Phi) is 7.11. The molecule has 2 nitrogen and oxygen atoms in total. The Balaban J connectivity index is 3.41. The van der Waals surface area contributed by atoms with Crippen LogP contribution in [0.25, 0.3) is 0 Å². The SMILES string of the molecule is C/C(=C\CC[C@H](C)CCO)CO. The van der Waals surface area contributed by atoms with Crippen molar-refractivity contribution in [2.75, 3.05) is 13.2 Å². The van der Waals surface area contributed by atoms with Crippen LogP contribution in [0.15, 0.2) is 11.6 Å². The van der Waals surface area contributed by atoms with E-state index in [1.165, 1.54) is 0 Å². The molecule has 0 aromatic rings. The van der Waals surface area contributed by atoms with E-state index in [0.29, 0.717) is 5.92 Å². The Bertz CT molecular complexity index is 130. The zero-order valence-electron chi connectivity index (χ0n) is 8.08. The maximum atomic E-state index is 8.70. The van der Waals surface area contributed by atoms with Gasteiger partial charge in [0.05, 0.1) is 6.61 Å². The second-order valence-corrected chi connectivity index (χ2v) is 3.40. The van der Waals surface area contributed by atoms with Crippen LogP contribution in [-0.2, 0) is 0 Å². The summed E-state index contributed by atoms with van der Waals surface area (Å²) in [6.07, 6.45) is 5.05. The van der Waals surface area contributed by atoms with Gasteiger partial charge in [-0.05, 0) is 32.1 Å². The molecule has 0 fully saturated rings. The van der Waals surface area contributed by atoms with Gasteiger partial charge in [-0.2, -0.15) is 0 Å². The van der Waals surface area contributed by atoms with E-state index in [2.05, 4.69) is 13.0 Å². The van der Waals surface area contributed by atoms with Crippen LogP contribution >= 0.6 is 0 Å². The fraction of sp³-hybridized carbons (Fsp3) is 0.800. The first kappa shape index (κ1) is 11.7. The van der Waals surface area contributed by atoms with Crippen LogP contribution in [0.5, 0.6) is 0 Å². The van der Waals surface area contributed by atoms with E-state index in [1.807, 2.05) is 6.92 Å². The molecule has 0 radical (unpaired) electrons. The Morgan fingerprint density at radius 2 is 2.00 bits per heavy atom. The topological polar surface area (TPSA) is 40.5 Å². The second kappa shape index (κ2) is 7.32. The largest absolute Gasteiger partial charge is 0.396 e. The van der Waals surface area contributed by atoms with E-state index in [4.69, 9.17) is 10.2 Å². The average Bonchev–Trinajstić information content (AvgIpc) is 2.04. The second-order valence-electron chi connectivity index (χ2n) is 3.40. The van der Waals surface area contributed by atoms with Crippen molar-refractivity contribution in [3.8, 4) is 0 Å². The maximum absolute atomic E-state index is 8.70. The highest BCUT2D eigenvalue weighted by Crippen LogP contribution is 2.10. The van der Waals surface area contributed by atoms with Crippen molar-refractivity contribution in [3.63, 3.8) is 0 Å². The molecule has 0 amide bonds. The summed E-state index contributed by atoms with van der Waals surface area (Å²) in [6.45, 7) is 4.51. The van der Waals surface area contributed by atoms with Crippen LogP contribution in [0.1, 0.15) is 33.1 Å². The zero-order valence-corrected chi connectivity index (χ0v) is 8.08. The minimum absolute atomic E-state index is 0.161. The molecule has 0 saturated carbocycles. The van der Waals surface area contributed by atoms with Crippen molar-refractivity contribution < 1.29 is 10.2 Å². The molecule has 0 heterocycles. The number of rotatable bonds is 6. The molecule has 0 aromatic carbocycles. The molecular formula is C10H20O2. The third kappa shape index (κ3) is 6.38. The molecule has 0 aromatic heterocycles. The van der Waals surface area contributed by atoms with Crippen molar-refractivity contribution >= 4 is 0 Å². The van der Waals surface area contributed by atoms with Crippen LogP contribution in [-0.4, -0.2) is 23.4 Å². The Morgan fingerprint density at radius 3 is 2.50 bits per heavy atom. The molecule has 0 bridgehead atoms. The van der Waals surface area contributed by atoms with Gasteiger partial charge in [-0.1, -0.05) is 18.6 Å². The van der Waals surface area contributed by atoms with Gasteiger partial charge in [0.25, 0.3) is 0 Å².